The number of aliphatic hydroxyl groups excluding tert-OH is 1. The number of carbonyl (C=O) groups is 1. The zero-order chi connectivity index (χ0) is 18.0. The first kappa shape index (κ1) is 17.5. The lowest BCUT2D eigenvalue weighted by atomic mass is 10.1. The summed E-state index contributed by atoms with van der Waals surface area (Å²) >= 11 is 0. The summed E-state index contributed by atoms with van der Waals surface area (Å²) < 4.78 is 29.2. The van der Waals surface area contributed by atoms with Gasteiger partial charge >= 0.3 is 0 Å². The Labute approximate surface area is 144 Å². The molecule has 0 aliphatic heterocycles. The summed E-state index contributed by atoms with van der Waals surface area (Å²) in [6.07, 6.45) is 4.45. The van der Waals surface area contributed by atoms with Crippen molar-refractivity contribution in [1.29, 1.82) is 0 Å². The number of nitrogens with zero attached hydrogens (tertiary/aromatic N) is 2. The minimum absolute atomic E-state index is 0.287. The SMILES string of the molecule is Cc1c(C(=O)NCC(O)c2c(F)cccc2F)cnn1C1CCCC1. The molecule has 2 aromatic rings. The average molecular weight is 349 g/mol. The Morgan fingerprint density at radius 3 is 2.64 bits per heavy atom. The van der Waals surface area contributed by atoms with Crippen LogP contribution in [0.2, 0.25) is 0 Å². The smallest absolute Gasteiger partial charge is 0.254 e. The predicted octanol–water partition coefficient (Wildman–Crippen LogP) is 3.05. The molecular formula is C18H21F2N3O2. The van der Waals surface area contributed by atoms with Crippen LogP contribution >= 0.6 is 0 Å². The van der Waals surface area contributed by atoms with Crippen molar-refractivity contribution in [3.63, 3.8) is 0 Å². The topological polar surface area (TPSA) is 67.2 Å². The van der Waals surface area contributed by atoms with E-state index < -0.39 is 29.2 Å². The molecule has 1 atom stereocenters. The molecule has 0 spiro atoms. The maximum Gasteiger partial charge on any atom is 0.254 e. The first-order chi connectivity index (χ1) is 12.0. The van der Waals surface area contributed by atoms with Crippen LogP contribution in [-0.4, -0.2) is 27.3 Å². The predicted molar refractivity (Wildman–Crippen MR) is 88.1 cm³/mol. The van der Waals surface area contributed by atoms with Gasteiger partial charge in [0.15, 0.2) is 0 Å². The highest BCUT2D eigenvalue weighted by atomic mass is 19.1. The van der Waals surface area contributed by atoms with Gasteiger partial charge in [-0.15, -0.1) is 0 Å². The van der Waals surface area contributed by atoms with Crippen LogP contribution in [0.15, 0.2) is 24.4 Å². The number of rotatable bonds is 5. The Hall–Kier alpha value is -2.28. The zero-order valence-corrected chi connectivity index (χ0v) is 14.0. The first-order valence-corrected chi connectivity index (χ1v) is 8.43. The average Bonchev–Trinajstić information content (AvgIpc) is 3.21. The molecule has 1 aromatic carbocycles. The molecule has 1 unspecified atom stereocenters. The summed E-state index contributed by atoms with van der Waals surface area (Å²) in [7, 11) is 0. The van der Waals surface area contributed by atoms with E-state index in [1.54, 1.807) is 0 Å². The lowest BCUT2D eigenvalue weighted by molar-refractivity contribution is 0.0910. The molecule has 0 saturated heterocycles. The van der Waals surface area contributed by atoms with Crippen molar-refractivity contribution in [2.45, 2.75) is 44.8 Å². The highest BCUT2D eigenvalue weighted by Crippen LogP contribution is 2.30. The molecular weight excluding hydrogens is 328 g/mol. The lowest BCUT2D eigenvalue weighted by Crippen LogP contribution is -2.29. The summed E-state index contributed by atoms with van der Waals surface area (Å²) in [5.74, 6) is -2.10. The normalized spacial score (nSPS) is 16.2. The van der Waals surface area contributed by atoms with Crippen LogP contribution in [0.25, 0.3) is 0 Å². The molecule has 1 fully saturated rings. The number of aromatic nitrogens is 2. The molecule has 1 aromatic heterocycles. The second kappa shape index (κ2) is 7.31. The minimum Gasteiger partial charge on any atom is -0.386 e. The summed E-state index contributed by atoms with van der Waals surface area (Å²) in [4.78, 5) is 12.3. The van der Waals surface area contributed by atoms with Crippen LogP contribution < -0.4 is 5.32 Å². The van der Waals surface area contributed by atoms with Crippen molar-refractivity contribution < 1.29 is 18.7 Å². The highest BCUT2D eigenvalue weighted by molar-refractivity contribution is 5.95. The molecule has 5 nitrogen and oxygen atoms in total. The number of amides is 1. The quantitative estimate of drug-likeness (QED) is 0.872. The summed E-state index contributed by atoms with van der Waals surface area (Å²) in [6, 6.07) is 3.68. The standard InChI is InChI=1S/C18H21F2N3O2/c1-11-13(9-22-23(11)12-5-2-3-6-12)18(25)21-10-16(24)17-14(19)7-4-8-15(17)20/h4,7-9,12,16,24H,2-3,5-6,10H2,1H3,(H,21,25). The van der Waals surface area contributed by atoms with Crippen LogP contribution in [-0.2, 0) is 0 Å². The van der Waals surface area contributed by atoms with Crippen molar-refractivity contribution in [1.82, 2.24) is 15.1 Å². The van der Waals surface area contributed by atoms with Crippen molar-refractivity contribution in [3.05, 3.63) is 52.9 Å². The van der Waals surface area contributed by atoms with Crippen molar-refractivity contribution in [2.75, 3.05) is 6.54 Å². The Morgan fingerprint density at radius 1 is 1.36 bits per heavy atom. The number of nitrogens with one attached hydrogen (secondary N) is 1. The van der Waals surface area contributed by atoms with E-state index in [9.17, 15) is 18.7 Å². The van der Waals surface area contributed by atoms with Gasteiger partial charge in [0.2, 0.25) is 0 Å². The van der Waals surface area contributed by atoms with E-state index in [1.165, 1.54) is 12.3 Å². The maximum absolute atomic E-state index is 13.7. The van der Waals surface area contributed by atoms with E-state index in [4.69, 9.17) is 0 Å². The van der Waals surface area contributed by atoms with Crippen LogP contribution in [0.1, 0.15) is 59.4 Å². The van der Waals surface area contributed by atoms with Crippen LogP contribution in [0.5, 0.6) is 0 Å². The molecule has 1 amide bonds. The lowest BCUT2D eigenvalue weighted by Gasteiger charge is -2.14. The fraction of sp³-hybridized carbons (Fsp3) is 0.444. The number of benzene rings is 1. The molecule has 3 rings (SSSR count). The van der Waals surface area contributed by atoms with Gasteiger partial charge in [-0.3, -0.25) is 9.48 Å². The van der Waals surface area contributed by atoms with Crippen molar-refractivity contribution in [3.8, 4) is 0 Å². The largest absolute Gasteiger partial charge is 0.386 e. The van der Waals surface area contributed by atoms with Gasteiger partial charge in [-0.25, -0.2) is 8.78 Å². The molecule has 1 heterocycles. The summed E-state index contributed by atoms with van der Waals surface area (Å²) in [6.45, 7) is 1.54. The maximum atomic E-state index is 13.7. The fourth-order valence-corrected chi connectivity index (χ4v) is 3.38. The number of carbonyl (C=O) groups excluding carboxylic acids is 1. The number of aliphatic hydroxyl groups is 1. The third-order valence-electron chi connectivity index (χ3n) is 4.75. The summed E-state index contributed by atoms with van der Waals surface area (Å²) in [5, 5.41) is 16.8. The number of hydrogen-bond acceptors (Lipinski definition) is 3. The molecule has 1 aliphatic carbocycles. The van der Waals surface area contributed by atoms with Crippen LogP contribution in [0.3, 0.4) is 0 Å². The second-order valence-electron chi connectivity index (χ2n) is 6.39. The molecule has 2 N–H and O–H groups in total. The molecule has 1 saturated carbocycles. The van der Waals surface area contributed by atoms with E-state index >= 15 is 0 Å². The second-order valence-corrected chi connectivity index (χ2v) is 6.39. The van der Waals surface area contributed by atoms with Crippen LogP contribution in [0, 0.1) is 18.6 Å². The Balaban J connectivity index is 1.67. The van der Waals surface area contributed by atoms with Crippen molar-refractivity contribution >= 4 is 5.91 Å². The highest BCUT2D eigenvalue weighted by Gasteiger charge is 2.23. The van der Waals surface area contributed by atoms with E-state index in [0.717, 1.165) is 43.5 Å². The van der Waals surface area contributed by atoms with Gasteiger partial charge in [0.1, 0.15) is 17.7 Å². The molecule has 7 heteroatoms. The molecule has 1 aliphatic rings. The monoisotopic (exact) mass is 349 g/mol. The third-order valence-corrected chi connectivity index (χ3v) is 4.75. The first-order valence-electron chi connectivity index (χ1n) is 8.43. The zero-order valence-electron chi connectivity index (χ0n) is 14.0. The van der Waals surface area contributed by atoms with Crippen LogP contribution in [0.4, 0.5) is 8.78 Å². The Morgan fingerprint density at radius 2 is 2.00 bits per heavy atom. The molecule has 134 valence electrons. The minimum atomic E-state index is -1.46. The Kier molecular flexibility index (Phi) is 5.13. The van der Waals surface area contributed by atoms with Crippen molar-refractivity contribution in [2.24, 2.45) is 0 Å². The van der Waals surface area contributed by atoms with Gasteiger partial charge in [-0.05, 0) is 31.9 Å². The van der Waals surface area contributed by atoms with E-state index in [0.29, 0.717) is 11.6 Å². The fourth-order valence-electron chi connectivity index (χ4n) is 3.38. The van der Waals surface area contributed by atoms with E-state index in [2.05, 4.69) is 10.4 Å². The molecule has 0 radical (unpaired) electrons. The van der Waals surface area contributed by atoms with Gasteiger partial charge in [-0.1, -0.05) is 18.9 Å². The van der Waals surface area contributed by atoms with Gasteiger partial charge in [0.25, 0.3) is 5.91 Å². The summed E-state index contributed by atoms with van der Waals surface area (Å²) in [5.41, 5.74) is 0.727. The Bertz CT molecular complexity index is 749. The van der Waals surface area contributed by atoms with Gasteiger partial charge in [0, 0.05) is 12.2 Å². The van der Waals surface area contributed by atoms with Gasteiger partial charge in [0.05, 0.1) is 23.4 Å². The number of hydrogen-bond donors (Lipinski definition) is 2. The van der Waals surface area contributed by atoms with Gasteiger partial charge in [-0.2, -0.15) is 5.10 Å². The third kappa shape index (κ3) is 3.56. The number of halogens is 2. The molecule has 0 bridgehead atoms. The van der Waals surface area contributed by atoms with Gasteiger partial charge < -0.3 is 10.4 Å². The van der Waals surface area contributed by atoms with E-state index in [1.807, 2.05) is 11.6 Å². The van der Waals surface area contributed by atoms with E-state index in [-0.39, 0.29) is 6.54 Å². The molecule has 25 heavy (non-hydrogen) atoms.